The van der Waals surface area contributed by atoms with Crippen LogP contribution < -0.4 is 9.80 Å². The molecule has 1 aromatic heterocycles. The average molecular weight is 426 g/mol. The van der Waals surface area contributed by atoms with Gasteiger partial charge in [0, 0.05) is 44.7 Å². The first-order chi connectivity index (χ1) is 14.9. The van der Waals surface area contributed by atoms with Gasteiger partial charge in [0.2, 0.25) is 11.9 Å². The largest absolute Gasteiger partial charge is 0.357 e. The summed E-state index contributed by atoms with van der Waals surface area (Å²) >= 11 is 0. The molecule has 1 saturated heterocycles. The normalized spacial score (nSPS) is 16.4. The van der Waals surface area contributed by atoms with Crippen molar-refractivity contribution in [2.45, 2.75) is 58.5 Å². The Morgan fingerprint density at radius 3 is 2.48 bits per heavy atom. The molecule has 2 aliphatic rings. The van der Waals surface area contributed by atoms with Crippen molar-refractivity contribution < 1.29 is 9.18 Å². The molecular formula is C24H32FN5O. The molecule has 31 heavy (non-hydrogen) atoms. The van der Waals surface area contributed by atoms with Crippen LogP contribution in [0.3, 0.4) is 0 Å². The zero-order valence-electron chi connectivity index (χ0n) is 18.8. The van der Waals surface area contributed by atoms with E-state index in [0.717, 1.165) is 48.1 Å². The van der Waals surface area contributed by atoms with E-state index < -0.39 is 0 Å². The minimum absolute atomic E-state index is 0.0514. The monoisotopic (exact) mass is 425 g/mol. The maximum atomic E-state index is 13.2. The van der Waals surface area contributed by atoms with Gasteiger partial charge in [-0.25, -0.2) is 9.37 Å². The molecule has 4 rings (SSSR count). The number of carbonyl (C=O) groups excluding carboxylic acids is 1. The average Bonchev–Trinajstić information content (AvgIpc) is 2.79. The molecule has 0 radical (unpaired) electrons. The van der Waals surface area contributed by atoms with Gasteiger partial charge in [-0.15, -0.1) is 0 Å². The number of fused-ring (bicyclic) bond motifs is 1. The van der Waals surface area contributed by atoms with E-state index in [-0.39, 0.29) is 18.1 Å². The Kier molecular flexibility index (Phi) is 6.39. The predicted octanol–water partition coefficient (Wildman–Crippen LogP) is 3.58. The lowest BCUT2D eigenvalue weighted by Crippen LogP contribution is -2.40. The van der Waals surface area contributed by atoms with Crippen molar-refractivity contribution >= 4 is 17.7 Å². The molecule has 0 saturated carbocycles. The minimum Gasteiger partial charge on any atom is -0.357 e. The van der Waals surface area contributed by atoms with E-state index in [4.69, 9.17) is 9.97 Å². The van der Waals surface area contributed by atoms with Crippen molar-refractivity contribution in [3.8, 4) is 0 Å². The van der Waals surface area contributed by atoms with E-state index >= 15 is 0 Å². The van der Waals surface area contributed by atoms with E-state index in [9.17, 15) is 9.18 Å². The van der Waals surface area contributed by atoms with Crippen molar-refractivity contribution in [2.75, 3.05) is 36.5 Å². The lowest BCUT2D eigenvalue weighted by Gasteiger charge is -2.35. The maximum absolute atomic E-state index is 13.2. The van der Waals surface area contributed by atoms with Crippen LogP contribution in [0.25, 0.3) is 0 Å². The standard InChI is InChI=1S/C24H32FN5O/c1-17(2)28(3)23-20-16-30(22(31)15-18-7-9-19(25)10-8-18)14-11-21(20)26-24(27-23)29-12-5-4-6-13-29/h7-10,17H,4-6,11-16H2,1-3H3. The minimum atomic E-state index is -0.286. The highest BCUT2D eigenvalue weighted by atomic mass is 19.1. The van der Waals surface area contributed by atoms with Gasteiger partial charge in [0.25, 0.3) is 0 Å². The third kappa shape index (κ3) is 4.81. The van der Waals surface area contributed by atoms with E-state index in [1.807, 2.05) is 4.90 Å². The number of halogens is 1. The summed E-state index contributed by atoms with van der Waals surface area (Å²) in [5, 5.41) is 0. The molecule has 0 atom stereocenters. The SMILES string of the molecule is CC(C)N(C)c1nc(N2CCCCC2)nc2c1CN(C(=O)Cc1ccc(F)cc1)CC2. The second-order valence-electron chi connectivity index (χ2n) is 8.89. The summed E-state index contributed by atoms with van der Waals surface area (Å²) in [4.78, 5) is 29.2. The van der Waals surface area contributed by atoms with Crippen molar-refractivity contribution in [3.63, 3.8) is 0 Å². The molecular weight excluding hydrogens is 393 g/mol. The van der Waals surface area contributed by atoms with Gasteiger partial charge in [-0.2, -0.15) is 4.98 Å². The van der Waals surface area contributed by atoms with Crippen LogP contribution in [0.5, 0.6) is 0 Å². The van der Waals surface area contributed by atoms with Gasteiger partial charge in [-0.1, -0.05) is 12.1 Å². The molecule has 2 aromatic rings. The molecule has 6 nitrogen and oxygen atoms in total. The summed E-state index contributed by atoms with van der Waals surface area (Å²) in [6.07, 6.45) is 4.64. The number of aromatic nitrogens is 2. The number of amides is 1. The third-order valence-electron chi connectivity index (χ3n) is 6.40. The number of carbonyl (C=O) groups is 1. The molecule has 7 heteroatoms. The second kappa shape index (κ2) is 9.20. The number of nitrogens with zero attached hydrogens (tertiary/aromatic N) is 5. The molecule has 1 aromatic carbocycles. The molecule has 166 valence electrons. The van der Waals surface area contributed by atoms with Crippen LogP contribution >= 0.6 is 0 Å². The highest BCUT2D eigenvalue weighted by Crippen LogP contribution is 2.30. The molecule has 1 fully saturated rings. The van der Waals surface area contributed by atoms with Crippen LogP contribution in [0.15, 0.2) is 24.3 Å². The van der Waals surface area contributed by atoms with Crippen LogP contribution in [0, 0.1) is 5.82 Å². The van der Waals surface area contributed by atoms with Gasteiger partial charge in [-0.05, 0) is 50.8 Å². The van der Waals surface area contributed by atoms with Gasteiger partial charge >= 0.3 is 0 Å². The molecule has 3 heterocycles. The fourth-order valence-electron chi connectivity index (χ4n) is 4.26. The van der Waals surface area contributed by atoms with Crippen molar-refractivity contribution in [1.29, 1.82) is 0 Å². The highest BCUT2D eigenvalue weighted by Gasteiger charge is 2.28. The molecule has 1 amide bonds. The number of anilines is 2. The quantitative estimate of drug-likeness (QED) is 0.733. The first-order valence-corrected chi connectivity index (χ1v) is 11.3. The molecule has 2 aliphatic heterocycles. The zero-order chi connectivity index (χ0) is 22.0. The molecule has 0 bridgehead atoms. The molecule has 0 aliphatic carbocycles. The van der Waals surface area contributed by atoms with Gasteiger partial charge < -0.3 is 14.7 Å². The summed E-state index contributed by atoms with van der Waals surface area (Å²) in [5.74, 6) is 1.52. The van der Waals surface area contributed by atoms with Gasteiger partial charge in [0.05, 0.1) is 18.7 Å². The van der Waals surface area contributed by atoms with Gasteiger partial charge in [0.1, 0.15) is 11.6 Å². The Morgan fingerprint density at radius 1 is 1.10 bits per heavy atom. The number of piperidine rings is 1. The zero-order valence-corrected chi connectivity index (χ0v) is 18.8. The number of benzene rings is 1. The van der Waals surface area contributed by atoms with E-state index in [0.29, 0.717) is 19.1 Å². The lowest BCUT2D eigenvalue weighted by molar-refractivity contribution is -0.131. The number of rotatable bonds is 5. The molecule has 0 N–H and O–H groups in total. The smallest absolute Gasteiger partial charge is 0.227 e. The molecule has 0 unspecified atom stereocenters. The Labute approximate surface area is 184 Å². The lowest BCUT2D eigenvalue weighted by atomic mass is 10.0. The van der Waals surface area contributed by atoms with Crippen LogP contribution in [-0.2, 0) is 24.2 Å². The summed E-state index contributed by atoms with van der Waals surface area (Å²) in [6.45, 7) is 7.47. The first-order valence-electron chi connectivity index (χ1n) is 11.3. The van der Waals surface area contributed by atoms with Crippen molar-refractivity contribution in [3.05, 3.63) is 46.9 Å². The number of hydrogen-bond acceptors (Lipinski definition) is 5. The van der Waals surface area contributed by atoms with E-state index in [2.05, 4.69) is 30.7 Å². The van der Waals surface area contributed by atoms with Crippen LogP contribution in [-0.4, -0.2) is 53.5 Å². The number of hydrogen-bond donors (Lipinski definition) is 0. The Morgan fingerprint density at radius 2 is 1.81 bits per heavy atom. The predicted molar refractivity (Wildman–Crippen MR) is 121 cm³/mol. The highest BCUT2D eigenvalue weighted by molar-refractivity contribution is 5.79. The van der Waals surface area contributed by atoms with Crippen molar-refractivity contribution in [2.24, 2.45) is 0 Å². The van der Waals surface area contributed by atoms with Crippen LogP contribution in [0.2, 0.25) is 0 Å². The fraction of sp³-hybridized carbons (Fsp3) is 0.542. The Hall–Kier alpha value is -2.70. The summed E-state index contributed by atoms with van der Waals surface area (Å²) in [7, 11) is 2.06. The summed E-state index contributed by atoms with van der Waals surface area (Å²) < 4.78 is 13.2. The third-order valence-corrected chi connectivity index (χ3v) is 6.40. The Balaban J connectivity index is 1.59. The van der Waals surface area contributed by atoms with E-state index in [1.54, 1.807) is 12.1 Å². The molecule has 0 spiro atoms. The Bertz CT molecular complexity index is 924. The summed E-state index contributed by atoms with van der Waals surface area (Å²) in [5.41, 5.74) is 2.94. The first kappa shape index (κ1) is 21.5. The van der Waals surface area contributed by atoms with E-state index in [1.165, 1.54) is 31.4 Å². The summed E-state index contributed by atoms with van der Waals surface area (Å²) in [6, 6.07) is 6.45. The fourth-order valence-corrected chi connectivity index (χ4v) is 4.26. The van der Waals surface area contributed by atoms with Crippen molar-refractivity contribution in [1.82, 2.24) is 14.9 Å². The van der Waals surface area contributed by atoms with Crippen LogP contribution in [0.1, 0.15) is 49.9 Å². The van der Waals surface area contributed by atoms with Gasteiger partial charge in [0.15, 0.2) is 0 Å². The topological polar surface area (TPSA) is 52.6 Å². The van der Waals surface area contributed by atoms with Crippen LogP contribution in [0.4, 0.5) is 16.2 Å². The maximum Gasteiger partial charge on any atom is 0.227 e. The van der Waals surface area contributed by atoms with Gasteiger partial charge in [-0.3, -0.25) is 4.79 Å². The second-order valence-corrected chi connectivity index (χ2v) is 8.89.